The van der Waals surface area contributed by atoms with Crippen LogP contribution in [0.5, 0.6) is 0 Å². The largest absolute Gasteiger partial charge is 0.414 e. The van der Waals surface area contributed by atoms with Crippen LogP contribution in [0.15, 0.2) is 40.1 Å². The normalized spacial score (nSPS) is 15.1. The smallest absolute Gasteiger partial charge is 0.330 e. The fraction of sp³-hybridized carbons (Fsp3) is 0.643. The minimum Gasteiger partial charge on any atom is -0.414 e. The van der Waals surface area contributed by atoms with Gasteiger partial charge in [0.05, 0.1) is 42.0 Å². The summed E-state index contributed by atoms with van der Waals surface area (Å²) in [4.78, 5) is 39.0. The molecular formula is C28H45N3O8Si. The van der Waals surface area contributed by atoms with Crippen molar-refractivity contribution in [2.24, 2.45) is 5.41 Å². The Morgan fingerprint density at radius 2 is 1.75 bits per heavy atom. The molecule has 0 saturated carbocycles. The van der Waals surface area contributed by atoms with Crippen LogP contribution in [0.3, 0.4) is 0 Å². The molecule has 3 atom stereocenters. The number of aliphatic hydroxyl groups is 1. The second-order valence-electron chi connectivity index (χ2n) is 12.6. The first kappa shape index (κ1) is 33.6. The van der Waals surface area contributed by atoms with Crippen LogP contribution in [0.1, 0.15) is 78.3 Å². The highest BCUT2D eigenvalue weighted by atomic mass is 28.4. The maximum atomic E-state index is 12.8. The second kappa shape index (κ2) is 13.3. The number of aromatic nitrogens is 2. The monoisotopic (exact) mass is 579 g/mol. The Balaban J connectivity index is 2.32. The summed E-state index contributed by atoms with van der Waals surface area (Å²) in [6.07, 6.45) is -0.405. The number of hydrogen-bond acceptors (Lipinski definition) is 8. The number of aromatic amines is 1. The maximum Gasteiger partial charge on any atom is 0.330 e. The zero-order valence-electron chi connectivity index (χ0n) is 25.1. The summed E-state index contributed by atoms with van der Waals surface area (Å²) < 4.78 is 19.7. The van der Waals surface area contributed by atoms with Crippen molar-refractivity contribution < 1.29 is 23.9 Å². The van der Waals surface area contributed by atoms with Gasteiger partial charge in [-0.05, 0) is 36.0 Å². The number of H-pyrrole nitrogens is 1. The summed E-state index contributed by atoms with van der Waals surface area (Å²) in [5, 5.41) is 21.6. The number of para-hydroxylation sites is 1. The Morgan fingerprint density at radius 1 is 1.12 bits per heavy atom. The Labute approximate surface area is 236 Å². The van der Waals surface area contributed by atoms with Gasteiger partial charge in [-0.2, -0.15) is 0 Å². The van der Waals surface area contributed by atoms with Gasteiger partial charge in [0.15, 0.2) is 8.32 Å². The van der Waals surface area contributed by atoms with E-state index in [4.69, 9.17) is 13.9 Å². The molecule has 1 heterocycles. The number of nitro groups is 1. The number of benzene rings is 1. The number of aliphatic hydroxyl groups excluding tert-OH is 1. The van der Waals surface area contributed by atoms with Crippen molar-refractivity contribution in [2.45, 2.75) is 98.1 Å². The zero-order valence-corrected chi connectivity index (χ0v) is 26.1. The van der Waals surface area contributed by atoms with Crippen molar-refractivity contribution in [1.82, 2.24) is 9.55 Å². The number of nitrogens with zero attached hydrogens (tertiary/aromatic N) is 2. The molecule has 2 aromatic rings. The molecule has 1 aromatic heterocycles. The van der Waals surface area contributed by atoms with Crippen LogP contribution in [0.25, 0.3) is 0 Å². The fourth-order valence-electron chi connectivity index (χ4n) is 3.93. The molecule has 0 saturated heterocycles. The van der Waals surface area contributed by atoms with E-state index in [1.54, 1.807) is 18.2 Å². The first-order valence-corrected chi connectivity index (χ1v) is 16.4. The summed E-state index contributed by atoms with van der Waals surface area (Å²) in [6.45, 7) is 17.7. The average molecular weight is 580 g/mol. The van der Waals surface area contributed by atoms with Gasteiger partial charge in [0.1, 0.15) is 12.3 Å². The summed E-state index contributed by atoms with van der Waals surface area (Å²) in [5.41, 5.74) is -1.34. The summed E-state index contributed by atoms with van der Waals surface area (Å²) in [5.74, 6) is 0. The second-order valence-corrected chi connectivity index (χ2v) is 17.4. The van der Waals surface area contributed by atoms with Crippen LogP contribution < -0.4 is 11.2 Å². The van der Waals surface area contributed by atoms with Gasteiger partial charge in [0, 0.05) is 12.3 Å². The lowest BCUT2D eigenvalue weighted by Crippen LogP contribution is -2.44. The molecule has 0 aliphatic rings. The van der Waals surface area contributed by atoms with Crippen LogP contribution in [-0.4, -0.2) is 47.2 Å². The topological polar surface area (TPSA) is 146 Å². The van der Waals surface area contributed by atoms with Crippen LogP contribution in [0.4, 0.5) is 5.69 Å². The molecule has 0 unspecified atom stereocenters. The third-order valence-electron chi connectivity index (χ3n) is 7.30. The van der Waals surface area contributed by atoms with Crippen molar-refractivity contribution in [2.75, 3.05) is 13.2 Å². The Morgan fingerprint density at radius 3 is 2.27 bits per heavy atom. The van der Waals surface area contributed by atoms with E-state index in [2.05, 4.69) is 38.8 Å². The van der Waals surface area contributed by atoms with E-state index >= 15 is 0 Å². The number of nitro benzene ring substituents is 1. The molecule has 40 heavy (non-hydrogen) atoms. The molecule has 224 valence electrons. The van der Waals surface area contributed by atoms with Crippen molar-refractivity contribution in [1.29, 1.82) is 0 Å². The molecule has 0 bridgehead atoms. The van der Waals surface area contributed by atoms with E-state index in [0.29, 0.717) is 12.0 Å². The Kier molecular flexibility index (Phi) is 11.2. The van der Waals surface area contributed by atoms with Gasteiger partial charge in [0.2, 0.25) is 0 Å². The lowest BCUT2D eigenvalue weighted by molar-refractivity contribution is -0.386. The minimum atomic E-state index is -2.09. The van der Waals surface area contributed by atoms with Gasteiger partial charge in [-0.15, -0.1) is 0 Å². The molecule has 0 radical (unpaired) electrons. The van der Waals surface area contributed by atoms with Gasteiger partial charge >= 0.3 is 5.69 Å². The standard InChI is InChI=1S/C28H45N3O8Si/c1-10-23(39-20(16-32)18-38-40(8,9)28(5,6)7)30-15-19(25(33)29-26(30)34)17-37-24(27(2,3)4)21-13-11-12-14-22(21)31(35)36/h11-15,20,23-24,32H,10,16-18H2,1-9H3,(H,29,33,34)/t20-,23-,24-/m1/s1. The highest BCUT2D eigenvalue weighted by Gasteiger charge is 2.38. The SMILES string of the molecule is CC[C@@H](O[C@H](CO)CO[Si](C)(C)C(C)(C)C)n1cc(CO[C@H](c2ccccc2[N+](=O)[O-])C(C)(C)C)c(=O)[nH]c1=O. The number of ether oxygens (including phenoxy) is 2. The van der Waals surface area contributed by atoms with E-state index in [0.717, 1.165) is 0 Å². The summed E-state index contributed by atoms with van der Waals surface area (Å²) in [6, 6.07) is 6.35. The lowest BCUT2D eigenvalue weighted by atomic mass is 9.84. The van der Waals surface area contributed by atoms with E-state index < -0.39 is 48.3 Å². The van der Waals surface area contributed by atoms with Crippen LogP contribution in [0.2, 0.25) is 18.1 Å². The Hall–Kier alpha value is -2.64. The molecule has 0 aliphatic heterocycles. The van der Waals surface area contributed by atoms with E-state index in [-0.39, 0.29) is 36.1 Å². The molecule has 2 N–H and O–H groups in total. The van der Waals surface area contributed by atoms with Gasteiger partial charge in [-0.3, -0.25) is 24.5 Å². The van der Waals surface area contributed by atoms with Gasteiger partial charge < -0.3 is 19.0 Å². The highest BCUT2D eigenvalue weighted by molar-refractivity contribution is 6.74. The van der Waals surface area contributed by atoms with Crippen molar-refractivity contribution in [3.8, 4) is 0 Å². The van der Waals surface area contributed by atoms with E-state index in [1.165, 1.54) is 16.8 Å². The van der Waals surface area contributed by atoms with Crippen LogP contribution in [0, 0.1) is 15.5 Å². The average Bonchev–Trinajstić information content (AvgIpc) is 2.84. The molecule has 0 spiro atoms. The maximum absolute atomic E-state index is 12.8. The molecule has 2 rings (SSSR count). The fourth-order valence-corrected chi connectivity index (χ4v) is 4.97. The van der Waals surface area contributed by atoms with Crippen LogP contribution >= 0.6 is 0 Å². The molecule has 1 aromatic carbocycles. The van der Waals surface area contributed by atoms with Crippen molar-refractivity contribution >= 4 is 14.0 Å². The third-order valence-corrected chi connectivity index (χ3v) is 11.8. The molecule has 11 nitrogen and oxygen atoms in total. The lowest BCUT2D eigenvalue weighted by Gasteiger charge is -2.37. The highest BCUT2D eigenvalue weighted by Crippen LogP contribution is 2.40. The van der Waals surface area contributed by atoms with Gasteiger partial charge in [-0.1, -0.05) is 60.6 Å². The number of hydrogen-bond donors (Lipinski definition) is 2. The van der Waals surface area contributed by atoms with Crippen LogP contribution in [-0.2, 0) is 20.5 Å². The molecular weight excluding hydrogens is 534 g/mol. The molecule has 0 amide bonds. The zero-order chi connectivity index (χ0) is 30.5. The third kappa shape index (κ3) is 8.43. The summed E-state index contributed by atoms with van der Waals surface area (Å²) >= 11 is 0. The predicted octanol–water partition coefficient (Wildman–Crippen LogP) is 5.06. The van der Waals surface area contributed by atoms with E-state index in [9.17, 15) is 24.8 Å². The van der Waals surface area contributed by atoms with Gasteiger partial charge in [0.25, 0.3) is 11.2 Å². The molecule has 0 fully saturated rings. The first-order valence-electron chi connectivity index (χ1n) is 13.5. The first-order chi connectivity index (χ1) is 18.4. The summed E-state index contributed by atoms with van der Waals surface area (Å²) in [7, 11) is -2.09. The van der Waals surface area contributed by atoms with E-state index in [1.807, 2.05) is 27.7 Å². The Bertz CT molecular complexity index is 1260. The molecule has 12 heteroatoms. The van der Waals surface area contributed by atoms with Crippen molar-refractivity contribution in [3.05, 3.63) is 72.5 Å². The minimum absolute atomic E-state index is 0.0208. The van der Waals surface area contributed by atoms with Gasteiger partial charge in [-0.25, -0.2) is 4.79 Å². The quantitative estimate of drug-likeness (QED) is 0.190. The number of nitrogens with one attached hydrogen (secondary N) is 1. The molecule has 0 aliphatic carbocycles. The predicted molar refractivity (Wildman–Crippen MR) is 156 cm³/mol. The number of rotatable bonds is 13. The van der Waals surface area contributed by atoms with Crippen molar-refractivity contribution in [3.63, 3.8) is 0 Å².